The number of aromatic nitrogens is 2. The molecule has 6 aromatic rings. The van der Waals surface area contributed by atoms with E-state index in [-0.39, 0.29) is 0 Å². The Bertz CT molecular complexity index is 1730. The maximum absolute atomic E-state index is 4.65. The number of hydrogen-bond donors (Lipinski definition) is 0. The smallest absolute Gasteiger partial charge is 0.0745 e. The molecule has 0 fully saturated rings. The van der Waals surface area contributed by atoms with Gasteiger partial charge in [-0.05, 0) is 70.3 Å². The van der Waals surface area contributed by atoms with E-state index in [2.05, 4.69) is 113 Å². The van der Waals surface area contributed by atoms with Gasteiger partial charge < -0.3 is 0 Å². The molecular weight excluding hydrogens is 513 g/mol. The van der Waals surface area contributed by atoms with E-state index in [4.69, 9.17) is 0 Å². The summed E-state index contributed by atoms with van der Waals surface area (Å²) in [5.41, 5.74) is 9.37. The molecule has 0 aliphatic carbocycles. The average molecular weight is 535 g/mol. The van der Waals surface area contributed by atoms with Gasteiger partial charge in [-0.15, -0.1) is 0 Å². The molecule has 0 atom stereocenters. The molecule has 0 N–H and O–H groups in total. The van der Waals surface area contributed by atoms with Gasteiger partial charge in [0.05, 0.1) is 11.1 Å². The zero-order valence-corrected chi connectivity index (χ0v) is 22.5. The standard InChI is InChI=1S/C35H22N2S2/c1-3-12-31-26(9-1)35(27-10-2-4-13-32(27)38-31)28-16-14-23(25-8-7-18-36-22-25)20-33(28)39-34-21-24(15-17-29(34)35)30-11-5-6-19-37-30/h1-22H. The molecule has 4 aromatic carbocycles. The molecule has 0 unspecified atom stereocenters. The van der Waals surface area contributed by atoms with E-state index in [1.54, 1.807) is 0 Å². The Morgan fingerprint density at radius 3 is 1.74 bits per heavy atom. The summed E-state index contributed by atoms with van der Waals surface area (Å²) in [7, 11) is 0. The van der Waals surface area contributed by atoms with Crippen molar-refractivity contribution in [3.05, 3.63) is 156 Å². The van der Waals surface area contributed by atoms with Gasteiger partial charge >= 0.3 is 0 Å². The first kappa shape index (κ1) is 22.8. The fourth-order valence-electron chi connectivity index (χ4n) is 6.08. The van der Waals surface area contributed by atoms with Crippen LogP contribution in [0.25, 0.3) is 22.4 Å². The topological polar surface area (TPSA) is 25.8 Å². The second kappa shape index (κ2) is 8.98. The molecule has 0 saturated carbocycles. The van der Waals surface area contributed by atoms with Crippen molar-refractivity contribution in [3.8, 4) is 22.4 Å². The Morgan fingerprint density at radius 1 is 0.462 bits per heavy atom. The van der Waals surface area contributed by atoms with Gasteiger partial charge in [-0.3, -0.25) is 9.97 Å². The molecule has 0 bridgehead atoms. The molecule has 4 heterocycles. The lowest BCUT2D eigenvalue weighted by Crippen LogP contribution is -2.36. The number of benzene rings is 4. The first-order chi connectivity index (χ1) is 19.3. The van der Waals surface area contributed by atoms with E-state index < -0.39 is 5.41 Å². The van der Waals surface area contributed by atoms with E-state index in [0.29, 0.717) is 0 Å². The summed E-state index contributed by atoms with van der Waals surface area (Å²) >= 11 is 3.74. The SMILES string of the molecule is c1ccc(-c2ccc3c(c2)Sc2cc(-c4cccnc4)ccc2C32c3ccccc3Sc3ccccc32)nc1. The van der Waals surface area contributed by atoms with E-state index in [9.17, 15) is 0 Å². The van der Waals surface area contributed by atoms with Gasteiger partial charge in [0.25, 0.3) is 0 Å². The van der Waals surface area contributed by atoms with Crippen LogP contribution < -0.4 is 0 Å². The number of hydrogen-bond acceptors (Lipinski definition) is 4. The lowest BCUT2D eigenvalue weighted by Gasteiger charge is -2.45. The molecule has 2 aliphatic rings. The number of nitrogens with zero attached hydrogens (tertiary/aromatic N) is 2. The lowest BCUT2D eigenvalue weighted by molar-refractivity contribution is 0.667. The minimum atomic E-state index is -0.412. The molecule has 1 spiro atoms. The molecule has 2 aromatic heterocycles. The van der Waals surface area contributed by atoms with Crippen LogP contribution in [0.15, 0.2) is 153 Å². The molecule has 0 radical (unpaired) electrons. The maximum Gasteiger partial charge on any atom is 0.0745 e. The zero-order valence-electron chi connectivity index (χ0n) is 20.9. The highest BCUT2D eigenvalue weighted by Gasteiger charge is 2.48. The molecular formula is C35H22N2S2. The van der Waals surface area contributed by atoms with Crippen molar-refractivity contribution >= 4 is 23.5 Å². The van der Waals surface area contributed by atoms with Gasteiger partial charge in [0, 0.05) is 49.3 Å². The predicted molar refractivity (Wildman–Crippen MR) is 159 cm³/mol. The van der Waals surface area contributed by atoms with Crippen molar-refractivity contribution in [3.63, 3.8) is 0 Å². The van der Waals surface area contributed by atoms with Crippen LogP contribution in [-0.2, 0) is 5.41 Å². The Morgan fingerprint density at radius 2 is 1.08 bits per heavy atom. The second-order valence-corrected chi connectivity index (χ2v) is 12.0. The highest BCUT2D eigenvalue weighted by Crippen LogP contribution is 2.62. The summed E-state index contributed by atoms with van der Waals surface area (Å²) in [4.78, 5) is 14.2. The predicted octanol–water partition coefficient (Wildman–Crippen LogP) is 9.12. The van der Waals surface area contributed by atoms with Crippen LogP contribution in [0.5, 0.6) is 0 Å². The summed E-state index contributed by atoms with van der Waals surface area (Å²) in [6.07, 6.45) is 5.64. The highest BCUT2D eigenvalue weighted by molar-refractivity contribution is 8.00. The molecule has 2 aliphatic heterocycles. The number of pyridine rings is 2. The monoisotopic (exact) mass is 534 g/mol. The van der Waals surface area contributed by atoms with Gasteiger partial charge in [0.15, 0.2) is 0 Å². The molecule has 39 heavy (non-hydrogen) atoms. The van der Waals surface area contributed by atoms with Crippen molar-refractivity contribution in [2.45, 2.75) is 25.0 Å². The van der Waals surface area contributed by atoms with Crippen LogP contribution in [0.2, 0.25) is 0 Å². The van der Waals surface area contributed by atoms with Crippen LogP contribution in [0.3, 0.4) is 0 Å². The number of fused-ring (bicyclic) bond motifs is 8. The Labute approximate surface area is 236 Å². The maximum atomic E-state index is 4.65. The lowest BCUT2D eigenvalue weighted by atomic mass is 9.64. The fraction of sp³-hybridized carbons (Fsp3) is 0.0286. The summed E-state index contributed by atoms with van der Waals surface area (Å²) in [5, 5.41) is 0. The largest absolute Gasteiger partial charge is 0.264 e. The van der Waals surface area contributed by atoms with Gasteiger partial charge in [-0.25, -0.2) is 0 Å². The molecule has 0 saturated heterocycles. The fourth-order valence-corrected chi connectivity index (χ4v) is 8.54. The van der Waals surface area contributed by atoms with Crippen LogP contribution in [0.4, 0.5) is 0 Å². The minimum Gasteiger partial charge on any atom is -0.264 e. The summed E-state index contributed by atoms with van der Waals surface area (Å²) in [6, 6.07) is 42.0. The van der Waals surface area contributed by atoms with E-state index in [1.807, 2.05) is 54.2 Å². The molecule has 8 rings (SSSR count). The van der Waals surface area contributed by atoms with Crippen LogP contribution in [-0.4, -0.2) is 9.97 Å². The zero-order chi connectivity index (χ0) is 25.8. The minimum absolute atomic E-state index is 0.412. The molecule has 4 heteroatoms. The first-order valence-corrected chi connectivity index (χ1v) is 14.6. The van der Waals surface area contributed by atoms with Crippen molar-refractivity contribution in [1.29, 1.82) is 0 Å². The molecule has 2 nitrogen and oxygen atoms in total. The Hall–Kier alpha value is -4.12. The third kappa shape index (κ3) is 3.45. The number of rotatable bonds is 2. The van der Waals surface area contributed by atoms with Crippen LogP contribution in [0, 0.1) is 0 Å². The summed E-state index contributed by atoms with van der Waals surface area (Å²) in [5.74, 6) is 0. The summed E-state index contributed by atoms with van der Waals surface area (Å²) in [6.45, 7) is 0. The third-order valence-corrected chi connectivity index (χ3v) is 10.0. The van der Waals surface area contributed by atoms with E-state index in [0.717, 1.165) is 16.8 Å². The normalized spacial score (nSPS) is 14.2. The quantitative estimate of drug-likeness (QED) is 0.221. The van der Waals surface area contributed by atoms with Crippen molar-refractivity contribution in [1.82, 2.24) is 9.97 Å². The van der Waals surface area contributed by atoms with Crippen LogP contribution >= 0.6 is 23.5 Å². The van der Waals surface area contributed by atoms with Gasteiger partial charge in [-0.1, -0.05) is 96.3 Å². The highest BCUT2D eigenvalue weighted by atomic mass is 32.2. The average Bonchev–Trinajstić information content (AvgIpc) is 3.01. The van der Waals surface area contributed by atoms with Crippen molar-refractivity contribution < 1.29 is 0 Å². The van der Waals surface area contributed by atoms with Gasteiger partial charge in [0.1, 0.15) is 0 Å². The van der Waals surface area contributed by atoms with Gasteiger partial charge in [0.2, 0.25) is 0 Å². The third-order valence-electron chi connectivity index (χ3n) is 7.75. The molecule has 184 valence electrons. The van der Waals surface area contributed by atoms with Crippen molar-refractivity contribution in [2.75, 3.05) is 0 Å². The Kier molecular flexibility index (Phi) is 5.25. The molecule has 0 amide bonds. The second-order valence-electron chi connectivity index (χ2n) is 9.82. The van der Waals surface area contributed by atoms with E-state index in [1.165, 1.54) is 47.4 Å². The van der Waals surface area contributed by atoms with Gasteiger partial charge in [-0.2, -0.15) is 0 Å². The summed E-state index contributed by atoms with van der Waals surface area (Å²) < 4.78 is 0. The van der Waals surface area contributed by atoms with Crippen LogP contribution in [0.1, 0.15) is 22.3 Å². The Balaban J connectivity index is 1.46. The first-order valence-electron chi connectivity index (χ1n) is 13.0. The van der Waals surface area contributed by atoms with Crippen molar-refractivity contribution in [2.24, 2.45) is 0 Å². The van der Waals surface area contributed by atoms with E-state index >= 15 is 0 Å².